The number of amides is 1. The molecule has 2 saturated carbocycles. The van der Waals surface area contributed by atoms with Crippen LogP contribution >= 0.6 is 0 Å². The van der Waals surface area contributed by atoms with Crippen molar-refractivity contribution in [3.63, 3.8) is 0 Å². The van der Waals surface area contributed by atoms with Crippen molar-refractivity contribution >= 4 is 17.4 Å². The largest absolute Gasteiger partial charge is 0.352 e. The Bertz CT molecular complexity index is 913. The number of nitriles is 1. The van der Waals surface area contributed by atoms with Crippen LogP contribution in [0.2, 0.25) is 0 Å². The number of pyridine rings is 1. The molecule has 4 rings (SSSR count). The monoisotopic (exact) mass is 364 g/mol. The molecule has 0 atom stereocenters. The minimum Gasteiger partial charge on any atom is -0.352 e. The van der Waals surface area contributed by atoms with Crippen molar-refractivity contribution in [2.24, 2.45) is 5.92 Å². The van der Waals surface area contributed by atoms with Gasteiger partial charge in [0.15, 0.2) is 0 Å². The second kappa shape index (κ2) is 7.36. The molecule has 1 aromatic heterocycles. The summed E-state index contributed by atoms with van der Waals surface area (Å²) in [6.07, 6.45) is 7.31. The highest BCUT2D eigenvalue weighted by molar-refractivity contribution is 5.96. The number of rotatable bonds is 6. The third-order valence-corrected chi connectivity index (χ3v) is 5.33. The Hall–Kier alpha value is -2.94. The molecule has 138 valence electrons. The lowest BCUT2D eigenvalue weighted by atomic mass is 9.85. The van der Waals surface area contributed by atoms with Crippen LogP contribution < -0.4 is 10.6 Å². The highest BCUT2D eigenvalue weighted by atomic mass is 19.1. The second-order valence-electron chi connectivity index (χ2n) is 7.37. The van der Waals surface area contributed by atoms with E-state index in [0.717, 1.165) is 24.9 Å². The molecule has 2 aromatic rings. The Kier molecular flexibility index (Phi) is 4.76. The lowest BCUT2D eigenvalue weighted by Crippen LogP contribution is -2.32. The Labute approximate surface area is 157 Å². The van der Waals surface area contributed by atoms with Gasteiger partial charge in [-0.05, 0) is 67.3 Å². The van der Waals surface area contributed by atoms with Gasteiger partial charge in [0.2, 0.25) is 0 Å². The van der Waals surface area contributed by atoms with Crippen LogP contribution in [-0.4, -0.2) is 17.4 Å². The number of anilines is 2. The first-order chi connectivity index (χ1) is 13.1. The summed E-state index contributed by atoms with van der Waals surface area (Å²) in [5, 5.41) is 14.8. The fourth-order valence-electron chi connectivity index (χ4n) is 3.31. The lowest BCUT2D eigenvalue weighted by Gasteiger charge is -2.25. The van der Waals surface area contributed by atoms with Gasteiger partial charge in [-0.3, -0.25) is 4.79 Å². The van der Waals surface area contributed by atoms with Gasteiger partial charge in [-0.25, -0.2) is 9.37 Å². The molecule has 2 fully saturated rings. The van der Waals surface area contributed by atoms with Crippen molar-refractivity contribution in [3.8, 4) is 6.07 Å². The van der Waals surface area contributed by atoms with E-state index in [2.05, 4.69) is 15.6 Å². The molecule has 2 N–H and O–H groups in total. The van der Waals surface area contributed by atoms with Crippen LogP contribution in [0.1, 0.15) is 59.5 Å². The number of nitrogens with one attached hydrogen (secondary N) is 2. The Morgan fingerprint density at radius 3 is 2.70 bits per heavy atom. The summed E-state index contributed by atoms with van der Waals surface area (Å²) in [6.45, 7) is 0.722. The molecule has 0 unspecified atom stereocenters. The number of hydrogen-bond acceptors (Lipinski definition) is 4. The summed E-state index contributed by atoms with van der Waals surface area (Å²) in [7, 11) is 0. The molecule has 0 saturated heterocycles. The van der Waals surface area contributed by atoms with E-state index in [-0.39, 0.29) is 17.2 Å². The van der Waals surface area contributed by atoms with Crippen LogP contribution in [0.15, 0.2) is 30.5 Å². The van der Waals surface area contributed by atoms with E-state index in [1.807, 2.05) is 12.1 Å². The first-order valence-electron chi connectivity index (χ1n) is 9.39. The summed E-state index contributed by atoms with van der Waals surface area (Å²) in [5.74, 6) is 0.880. The molecule has 2 aliphatic rings. The molecule has 1 aromatic carbocycles. The Balaban J connectivity index is 1.52. The van der Waals surface area contributed by atoms with E-state index in [0.29, 0.717) is 23.2 Å². The van der Waals surface area contributed by atoms with Gasteiger partial charge >= 0.3 is 0 Å². The molecule has 0 bridgehead atoms. The molecule has 0 radical (unpaired) electrons. The van der Waals surface area contributed by atoms with Gasteiger partial charge in [-0.15, -0.1) is 0 Å². The number of aromatic nitrogens is 1. The summed E-state index contributed by atoms with van der Waals surface area (Å²) < 4.78 is 14.1. The predicted molar refractivity (Wildman–Crippen MR) is 100 cm³/mol. The van der Waals surface area contributed by atoms with E-state index in [1.54, 1.807) is 12.3 Å². The van der Waals surface area contributed by atoms with Crippen molar-refractivity contribution in [1.29, 1.82) is 5.26 Å². The van der Waals surface area contributed by atoms with Gasteiger partial charge in [-0.1, -0.05) is 6.42 Å². The molecule has 5 nitrogen and oxygen atoms in total. The summed E-state index contributed by atoms with van der Waals surface area (Å²) in [5.41, 5.74) is 2.10. The summed E-state index contributed by atoms with van der Waals surface area (Å²) >= 11 is 0. The highest BCUT2D eigenvalue weighted by Gasteiger charge is 2.29. The molecule has 1 heterocycles. The third-order valence-electron chi connectivity index (χ3n) is 5.33. The maximum absolute atomic E-state index is 14.1. The number of carbonyl (C=O) groups excluding carboxylic acids is 1. The van der Waals surface area contributed by atoms with E-state index >= 15 is 0 Å². The fourth-order valence-corrected chi connectivity index (χ4v) is 3.31. The number of halogens is 1. The standard InChI is InChI=1S/C21H21FN4O/c22-18-8-14(10-23)4-7-19(18)26-20-9-16(15-5-6-15)17(12-24-20)21(27)25-11-13-2-1-3-13/h4,7-9,12-13,15H,1-3,5-6,11H2,(H,24,26)(H,25,27). The summed E-state index contributed by atoms with van der Waals surface area (Å²) in [6, 6.07) is 8.01. The Morgan fingerprint density at radius 2 is 2.07 bits per heavy atom. The van der Waals surface area contributed by atoms with E-state index < -0.39 is 5.82 Å². The maximum atomic E-state index is 14.1. The van der Waals surface area contributed by atoms with Gasteiger partial charge in [-0.2, -0.15) is 5.26 Å². The fraction of sp³-hybridized carbons (Fsp3) is 0.381. The minimum atomic E-state index is -0.508. The van der Waals surface area contributed by atoms with Gasteiger partial charge in [0.25, 0.3) is 5.91 Å². The molecule has 0 spiro atoms. The minimum absolute atomic E-state index is 0.0765. The molecule has 2 aliphatic carbocycles. The number of benzene rings is 1. The molecule has 1 amide bonds. The number of hydrogen-bond donors (Lipinski definition) is 2. The third kappa shape index (κ3) is 3.92. The number of nitrogens with zero attached hydrogens (tertiary/aromatic N) is 2. The van der Waals surface area contributed by atoms with E-state index in [1.165, 1.54) is 31.4 Å². The van der Waals surface area contributed by atoms with Crippen LogP contribution in [0, 0.1) is 23.1 Å². The quantitative estimate of drug-likeness (QED) is 0.803. The van der Waals surface area contributed by atoms with Gasteiger partial charge in [0.1, 0.15) is 11.6 Å². The zero-order valence-electron chi connectivity index (χ0n) is 15.0. The van der Waals surface area contributed by atoms with Crippen LogP contribution in [0.5, 0.6) is 0 Å². The van der Waals surface area contributed by atoms with Crippen molar-refractivity contribution in [1.82, 2.24) is 10.3 Å². The lowest BCUT2D eigenvalue weighted by molar-refractivity contribution is 0.0937. The van der Waals surface area contributed by atoms with Crippen molar-refractivity contribution in [2.45, 2.75) is 38.0 Å². The predicted octanol–water partition coefficient (Wildman–Crippen LogP) is 4.24. The first kappa shape index (κ1) is 17.5. The van der Waals surface area contributed by atoms with Gasteiger partial charge in [0.05, 0.1) is 22.9 Å². The zero-order chi connectivity index (χ0) is 18.8. The first-order valence-corrected chi connectivity index (χ1v) is 9.39. The molecule has 0 aliphatic heterocycles. The normalized spacial score (nSPS) is 16.3. The average molecular weight is 364 g/mol. The zero-order valence-corrected chi connectivity index (χ0v) is 15.0. The van der Waals surface area contributed by atoms with Crippen molar-refractivity contribution < 1.29 is 9.18 Å². The Morgan fingerprint density at radius 1 is 1.26 bits per heavy atom. The van der Waals surface area contributed by atoms with Crippen LogP contribution in [0.4, 0.5) is 15.9 Å². The summed E-state index contributed by atoms with van der Waals surface area (Å²) in [4.78, 5) is 16.9. The van der Waals surface area contributed by atoms with Gasteiger partial charge < -0.3 is 10.6 Å². The topological polar surface area (TPSA) is 77.8 Å². The molecule has 6 heteroatoms. The van der Waals surface area contributed by atoms with Gasteiger partial charge in [0, 0.05) is 12.7 Å². The molecular formula is C21H21FN4O. The highest BCUT2D eigenvalue weighted by Crippen LogP contribution is 2.42. The second-order valence-corrected chi connectivity index (χ2v) is 7.37. The van der Waals surface area contributed by atoms with Crippen LogP contribution in [0.25, 0.3) is 0 Å². The van der Waals surface area contributed by atoms with E-state index in [9.17, 15) is 9.18 Å². The van der Waals surface area contributed by atoms with Crippen LogP contribution in [0.3, 0.4) is 0 Å². The molecular weight excluding hydrogens is 343 g/mol. The van der Waals surface area contributed by atoms with Crippen molar-refractivity contribution in [3.05, 3.63) is 53.0 Å². The smallest absolute Gasteiger partial charge is 0.253 e. The van der Waals surface area contributed by atoms with Crippen molar-refractivity contribution in [2.75, 3.05) is 11.9 Å². The maximum Gasteiger partial charge on any atom is 0.253 e. The van der Waals surface area contributed by atoms with E-state index in [4.69, 9.17) is 5.26 Å². The average Bonchev–Trinajstić information content (AvgIpc) is 3.47. The number of carbonyl (C=O) groups is 1. The molecule has 27 heavy (non-hydrogen) atoms. The SMILES string of the molecule is N#Cc1ccc(Nc2cc(C3CC3)c(C(=O)NCC3CCC3)cn2)c(F)c1. The van der Waals surface area contributed by atoms with Crippen LogP contribution in [-0.2, 0) is 0 Å².